The van der Waals surface area contributed by atoms with Crippen molar-refractivity contribution in [3.05, 3.63) is 5.56 Å². The van der Waals surface area contributed by atoms with Gasteiger partial charge in [0.1, 0.15) is 24.5 Å². The first-order chi connectivity index (χ1) is 16.5. The average Bonchev–Trinajstić information content (AvgIpc) is 2.51. The standard InChI is InChI=1S/C7H8O24S8.H2O/c8-32(9,10)2-1(7(37(23,24)25,38(26,27)28)39(29,30)31)3(33(11,12)13)5(35(17,18)19)6(36(20,21)22)4(2)34(14,15)16;/h(H,8,9,10)(H,11,12,13)(H,14,15,16)(H,17,18,19)(H,20,21,22)(H,23,24,25)(H,26,27,28)(H,29,30,31);1H2. The molecule has 1 rings (SSSR count). The molecule has 0 amide bonds. The molecule has 0 saturated heterocycles. The molecule has 236 valence electrons. The highest BCUT2D eigenvalue weighted by Gasteiger charge is 2.71. The van der Waals surface area contributed by atoms with E-state index in [9.17, 15) is 104 Å². The Morgan fingerprint density at radius 1 is 0.325 bits per heavy atom. The summed E-state index contributed by atoms with van der Waals surface area (Å²) in [4.78, 5) is -18.2. The van der Waals surface area contributed by atoms with Crippen LogP contribution in [0.5, 0.6) is 0 Å². The van der Waals surface area contributed by atoms with Gasteiger partial charge < -0.3 is 5.48 Å². The molecule has 33 heteroatoms. The third-order valence-electron chi connectivity index (χ3n) is 3.89. The summed E-state index contributed by atoms with van der Waals surface area (Å²) < 4.78 is 260. The molecule has 0 radical (unpaired) electrons. The average molecular weight is 751 g/mol. The summed E-state index contributed by atoms with van der Waals surface area (Å²) in [6.45, 7) is 0. The maximum Gasteiger partial charge on any atom is 0.372 e. The third kappa shape index (κ3) is 6.28. The Bertz CT molecular complexity index is 1990. The fourth-order valence-electron chi connectivity index (χ4n) is 2.90. The molecule has 0 aliphatic heterocycles. The van der Waals surface area contributed by atoms with E-state index in [-0.39, 0.29) is 5.48 Å². The summed E-state index contributed by atoms with van der Waals surface area (Å²) in [5.41, 5.74) is -3.99. The molecule has 0 heterocycles. The van der Waals surface area contributed by atoms with Gasteiger partial charge in [0.15, 0.2) is 0 Å². The smallest absolute Gasteiger partial charge is 0.372 e. The lowest BCUT2D eigenvalue weighted by Crippen LogP contribution is -2.51. The molecular formula is C7H10O25S8. The molecule has 0 unspecified atom stereocenters. The van der Waals surface area contributed by atoms with Crippen molar-refractivity contribution in [2.24, 2.45) is 0 Å². The molecule has 0 aliphatic carbocycles. The second-order valence-electron chi connectivity index (χ2n) is 6.38. The molecule has 0 saturated carbocycles. The monoisotopic (exact) mass is 750 g/mol. The van der Waals surface area contributed by atoms with Gasteiger partial charge in [-0.3, -0.25) is 36.4 Å². The summed E-state index contributed by atoms with van der Waals surface area (Å²) in [5.74, 6) is 0. The lowest BCUT2D eigenvalue weighted by atomic mass is 10.2. The van der Waals surface area contributed by atoms with Crippen LogP contribution in [0.4, 0.5) is 0 Å². The van der Waals surface area contributed by atoms with E-state index in [1.165, 1.54) is 0 Å². The van der Waals surface area contributed by atoms with Crippen LogP contribution in [0.25, 0.3) is 0 Å². The van der Waals surface area contributed by atoms with E-state index in [1.54, 1.807) is 0 Å². The van der Waals surface area contributed by atoms with Crippen LogP contribution in [0.2, 0.25) is 0 Å². The summed E-state index contributed by atoms with van der Waals surface area (Å²) >= 11 is 0. The summed E-state index contributed by atoms with van der Waals surface area (Å²) in [6, 6.07) is 0. The highest BCUT2D eigenvalue weighted by molar-refractivity contribution is 8.20. The minimum Gasteiger partial charge on any atom is -0.412 e. The van der Waals surface area contributed by atoms with Gasteiger partial charge >= 0.3 is 33.8 Å². The molecular weight excluding hydrogens is 741 g/mol. The molecule has 10 N–H and O–H groups in total. The van der Waals surface area contributed by atoms with Crippen LogP contribution in [0.15, 0.2) is 24.5 Å². The topological polar surface area (TPSA) is 466 Å². The molecule has 0 aromatic heterocycles. The zero-order valence-electron chi connectivity index (χ0n) is 17.4. The van der Waals surface area contributed by atoms with E-state index in [2.05, 4.69) is 0 Å². The summed E-state index contributed by atoms with van der Waals surface area (Å²) in [5, 5.41) is 0. The van der Waals surface area contributed by atoms with Crippen molar-refractivity contribution in [1.82, 2.24) is 0 Å². The predicted octanol–water partition coefficient (Wildman–Crippen LogP) is -5.13. The van der Waals surface area contributed by atoms with Gasteiger partial charge in [-0.2, -0.15) is 67.3 Å². The Morgan fingerprint density at radius 3 is 0.600 bits per heavy atom. The molecule has 1 aromatic carbocycles. The minimum atomic E-state index is -7.83. The zero-order chi connectivity index (χ0) is 32.0. The summed E-state index contributed by atoms with van der Waals surface area (Å²) in [7, 11) is -59.5. The van der Waals surface area contributed by atoms with Crippen molar-refractivity contribution in [2.45, 2.75) is 27.9 Å². The fraction of sp³-hybridized carbons (Fsp3) is 0.143. The van der Waals surface area contributed by atoms with Gasteiger partial charge in [-0.15, -0.1) is 0 Å². The fourth-order valence-corrected chi connectivity index (χ4v) is 14.4. The van der Waals surface area contributed by atoms with Gasteiger partial charge in [-0.05, 0) is 0 Å². The highest BCUT2D eigenvalue weighted by atomic mass is 32.3. The first-order valence-corrected chi connectivity index (χ1v) is 19.0. The van der Waals surface area contributed by atoms with Gasteiger partial charge in [0, 0.05) is 0 Å². The molecule has 0 bridgehead atoms. The van der Waals surface area contributed by atoms with Gasteiger partial charge in [-0.1, -0.05) is 0 Å². The van der Waals surface area contributed by atoms with E-state index < -0.39 is 114 Å². The Morgan fingerprint density at radius 2 is 0.475 bits per heavy atom. The number of benzene rings is 1. The number of hydrogen-bond acceptors (Lipinski definition) is 16. The van der Waals surface area contributed by atoms with Crippen LogP contribution >= 0.6 is 0 Å². The third-order valence-corrected chi connectivity index (χ3v) is 15.5. The number of hydrogen-bond donors (Lipinski definition) is 8. The van der Waals surface area contributed by atoms with E-state index in [0.717, 1.165) is 0 Å². The Hall–Kier alpha value is -1.54. The van der Waals surface area contributed by atoms with Gasteiger partial charge in [-0.25, -0.2) is 0 Å². The van der Waals surface area contributed by atoms with Crippen LogP contribution in [-0.2, 0) is 84.4 Å². The SMILES string of the molecule is O.O=S(=O)(O)c1c(C(S(=O)(=O)O)(S(=O)(=O)O)S(=O)(=O)O)c(S(=O)(=O)O)c(S(=O)(=O)O)c(S(=O)(=O)O)c1S(=O)(=O)O. The first kappa shape index (κ1) is 38.5. The van der Waals surface area contributed by atoms with Crippen LogP contribution in [-0.4, -0.2) is 109 Å². The molecule has 0 atom stereocenters. The predicted molar refractivity (Wildman–Crippen MR) is 115 cm³/mol. The lowest BCUT2D eigenvalue weighted by Gasteiger charge is -2.29. The van der Waals surface area contributed by atoms with Crippen LogP contribution < -0.4 is 0 Å². The molecule has 0 spiro atoms. The number of rotatable bonds is 9. The second kappa shape index (κ2) is 10.0. The van der Waals surface area contributed by atoms with E-state index >= 15 is 0 Å². The Labute approximate surface area is 222 Å². The van der Waals surface area contributed by atoms with Crippen LogP contribution in [0, 0.1) is 0 Å². The van der Waals surface area contributed by atoms with E-state index in [0.29, 0.717) is 0 Å². The van der Waals surface area contributed by atoms with Crippen molar-refractivity contribution in [1.29, 1.82) is 0 Å². The quantitative estimate of drug-likeness (QED) is 0.109. The van der Waals surface area contributed by atoms with Crippen molar-refractivity contribution >= 4 is 80.9 Å². The highest BCUT2D eigenvalue weighted by Crippen LogP contribution is 2.51. The summed E-state index contributed by atoms with van der Waals surface area (Å²) in [6.07, 6.45) is 0. The van der Waals surface area contributed by atoms with Gasteiger partial charge in [0.2, 0.25) is 0 Å². The molecule has 1 aromatic rings. The van der Waals surface area contributed by atoms with Crippen molar-refractivity contribution < 1.29 is 109 Å². The Kier molecular flexibility index (Phi) is 9.64. The maximum atomic E-state index is 12.1. The first-order valence-electron chi connectivity index (χ1n) is 7.51. The van der Waals surface area contributed by atoms with Crippen molar-refractivity contribution in [2.75, 3.05) is 0 Å². The van der Waals surface area contributed by atoms with E-state index in [1.807, 2.05) is 0 Å². The second-order valence-corrected chi connectivity index (χ2v) is 18.6. The van der Waals surface area contributed by atoms with Crippen LogP contribution in [0.1, 0.15) is 5.56 Å². The molecule has 25 nitrogen and oxygen atoms in total. The van der Waals surface area contributed by atoms with Crippen molar-refractivity contribution in [3.8, 4) is 0 Å². The lowest BCUT2D eigenvalue weighted by molar-refractivity contribution is 0.413. The molecule has 40 heavy (non-hydrogen) atoms. The van der Waals surface area contributed by atoms with E-state index in [4.69, 9.17) is 0 Å². The Balaban J connectivity index is 0.0000152. The van der Waals surface area contributed by atoms with Gasteiger partial charge in [0.05, 0.1) is 5.56 Å². The molecule has 0 fully saturated rings. The van der Waals surface area contributed by atoms with Crippen LogP contribution in [0.3, 0.4) is 0 Å². The maximum absolute atomic E-state index is 12.1. The molecule has 0 aliphatic rings. The largest absolute Gasteiger partial charge is 0.412 e. The zero-order valence-corrected chi connectivity index (χ0v) is 23.9. The van der Waals surface area contributed by atoms with Gasteiger partial charge in [0.25, 0.3) is 50.6 Å². The normalized spacial score (nSPS) is 14.9. The van der Waals surface area contributed by atoms with Crippen molar-refractivity contribution in [3.63, 3.8) is 0 Å². The minimum absolute atomic E-state index is 0.